The van der Waals surface area contributed by atoms with E-state index >= 15 is 0 Å². The lowest BCUT2D eigenvalue weighted by atomic mass is 9.95. The highest BCUT2D eigenvalue weighted by Gasteiger charge is 2.29. The summed E-state index contributed by atoms with van der Waals surface area (Å²) in [6.07, 6.45) is 1.25. The summed E-state index contributed by atoms with van der Waals surface area (Å²) in [7, 11) is 0. The van der Waals surface area contributed by atoms with Crippen LogP contribution in [0.5, 0.6) is 0 Å². The van der Waals surface area contributed by atoms with Crippen LogP contribution in [0.2, 0.25) is 0 Å². The van der Waals surface area contributed by atoms with Crippen molar-refractivity contribution < 1.29 is 0 Å². The second-order valence-electron chi connectivity index (χ2n) is 4.40. The third kappa shape index (κ3) is 2.23. The molecule has 4 heteroatoms. The molecule has 0 radical (unpaired) electrons. The van der Waals surface area contributed by atoms with Gasteiger partial charge in [0.15, 0.2) is 0 Å². The number of hydrogen-bond acceptors (Lipinski definition) is 4. The fraction of sp³-hybridized carbons (Fsp3) is 0.385. The van der Waals surface area contributed by atoms with Gasteiger partial charge in [-0.1, -0.05) is 30.3 Å². The van der Waals surface area contributed by atoms with Crippen molar-refractivity contribution in [2.24, 2.45) is 0 Å². The third-order valence-electron chi connectivity index (χ3n) is 3.22. The molecule has 1 aromatic heterocycles. The Balaban J connectivity index is 1.70. The van der Waals surface area contributed by atoms with Crippen LogP contribution in [0.15, 0.2) is 30.3 Å². The molecule has 3 rings (SSSR count). The summed E-state index contributed by atoms with van der Waals surface area (Å²) in [5, 5.41) is 10.4. The number of rotatable bonds is 3. The fourth-order valence-electron chi connectivity index (χ4n) is 2.26. The Kier molecular flexibility index (Phi) is 2.91. The molecule has 88 valence electrons. The number of hydrogen-bond donors (Lipinski definition) is 0. The lowest BCUT2D eigenvalue weighted by Gasteiger charge is -2.40. The Morgan fingerprint density at radius 1 is 1.29 bits per heavy atom. The summed E-state index contributed by atoms with van der Waals surface area (Å²) in [6, 6.07) is 11.3. The zero-order valence-electron chi connectivity index (χ0n) is 9.84. The lowest BCUT2D eigenvalue weighted by Crippen LogP contribution is -2.40. The first-order valence-corrected chi connectivity index (χ1v) is 6.72. The summed E-state index contributed by atoms with van der Waals surface area (Å²) >= 11 is 1.70. The lowest BCUT2D eigenvalue weighted by molar-refractivity contribution is 0.0816. The number of aryl methyl sites for hydroxylation is 1. The highest BCUT2D eigenvalue weighted by Crippen LogP contribution is 2.34. The van der Waals surface area contributed by atoms with Gasteiger partial charge in [0.25, 0.3) is 0 Å². The Bertz CT molecular complexity index is 494. The van der Waals surface area contributed by atoms with Gasteiger partial charge in [0.1, 0.15) is 10.0 Å². The van der Waals surface area contributed by atoms with Gasteiger partial charge >= 0.3 is 0 Å². The quantitative estimate of drug-likeness (QED) is 0.832. The fourth-order valence-corrected chi connectivity index (χ4v) is 2.99. The molecule has 1 saturated heterocycles. The Hall–Kier alpha value is -1.26. The van der Waals surface area contributed by atoms with E-state index in [1.54, 1.807) is 11.3 Å². The standard InChI is InChI=1S/C13H15N3S/c1-10-14-15-13(17-10)9-16-8-7-12(16)11-5-3-2-4-6-11/h2-6,12H,7-9H2,1H3. The van der Waals surface area contributed by atoms with Gasteiger partial charge in [0, 0.05) is 12.6 Å². The van der Waals surface area contributed by atoms with Crippen molar-refractivity contribution in [3.63, 3.8) is 0 Å². The van der Waals surface area contributed by atoms with Gasteiger partial charge < -0.3 is 0 Å². The van der Waals surface area contributed by atoms with E-state index in [9.17, 15) is 0 Å². The minimum absolute atomic E-state index is 0.570. The molecule has 1 aliphatic rings. The van der Waals surface area contributed by atoms with Gasteiger partial charge in [-0.05, 0) is 18.9 Å². The summed E-state index contributed by atoms with van der Waals surface area (Å²) in [5.41, 5.74) is 1.42. The molecular formula is C13H15N3S. The average molecular weight is 245 g/mol. The SMILES string of the molecule is Cc1nnc(CN2CCC2c2ccccc2)s1. The molecule has 0 saturated carbocycles. The largest absolute Gasteiger partial charge is 0.289 e. The third-order valence-corrected chi connectivity index (χ3v) is 4.04. The van der Waals surface area contributed by atoms with Gasteiger partial charge in [-0.3, -0.25) is 4.90 Å². The molecule has 3 nitrogen and oxygen atoms in total. The van der Waals surface area contributed by atoms with Crippen LogP contribution in [0, 0.1) is 6.92 Å². The van der Waals surface area contributed by atoms with E-state index in [0.717, 1.165) is 23.1 Å². The zero-order valence-corrected chi connectivity index (χ0v) is 10.7. The summed E-state index contributed by atoms with van der Waals surface area (Å²) < 4.78 is 0. The second-order valence-corrected chi connectivity index (χ2v) is 5.67. The van der Waals surface area contributed by atoms with E-state index in [1.165, 1.54) is 12.0 Å². The molecule has 1 aliphatic heterocycles. The molecule has 1 aromatic carbocycles. The first-order valence-electron chi connectivity index (χ1n) is 5.91. The van der Waals surface area contributed by atoms with Crippen LogP contribution in [0.4, 0.5) is 0 Å². The number of aromatic nitrogens is 2. The highest BCUT2D eigenvalue weighted by atomic mass is 32.1. The van der Waals surface area contributed by atoms with Crippen LogP contribution in [-0.2, 0) is 6.54 Å². The molecule has 2 aromatic rings. The topological polar surface area (TPSA) is 29.0 Å². The van der Waals surface area contributed by atoms with E-state index in [2.05, 4.69) is 45.4 Å². The van der Waals surface area contributed by atoms with E-state index < -0.39 is 0 Å². The Morgan fingerprint density at radius 3 is 2.71 bits per heavy atom. The normalized spacial score (nSPS) is 20.2. The maximum Gasteiger partial charge on any atom is 0.131 e. The number of likely N-dealkylation sites (tertiary alicyclic amines) is 1. The predicted molar refractivity (Wildman–Crippen MR) is 68.9 cm³/mol. The summed E-state index contributed by atoms with van der Waals surface area (Å²) in [4.78, 5) is 2.47. The predicted octanol–water partition coefficient (Wildman–Crippen LogP) is 2.79. The van der Waals surface area contributed by atoms with Gasteiger partial charge in [-0.2, -0.15) is 0 Å². The highest BCUT2D eigenvalue weighted by molar-refractivity contribution is 7.11. The van der Waals surface area contributed by atoms with Crippen molar-refractivity contribution in [2.45, 2.75) is 25.9 Å². The van der Waals surface area contributed by atoms with Crippen LogP contribution in [-0.4, -0.2) is 21.6 Å². The number of nitrogens with zero attached hydrogens (tertiary/aromatic N) is 3. The Labute approximate surface area is 105 Å². The van der Waals surface area contributed by atoms with Gasteiger partial charge in [0.05, 0.1) is 6.54 Å². The van der Waals surface area contributed by atoms with Crippen molar-refractivity contribution >= 4 is 11.3 Å². The second kappa shape index (κ2) is 4.55. The molecular weight excluding hydrogens is 230 g/mol. The van der Waals surface area contributed by atoms with E-state index in [1.807, 2.05) is 6.92 Å². The first-order chi connectivity index (χ1) is 8.33. The summed E-state index contributed by atoms with van der Waals surface area (Å²) in [6.45, 7) is 4.11. The smallest absolute Gasteiger partial charge is 0.131 e. The van der Waals surface area contributed by atoms with E-state index in [0.29, 0.717) is 6.04 Å². The monoisotopic (exact) mass is 245 g/mol. The van der Waals surface area contributed by atoms with E-state index in [-0.39, 0.29) is 0 Å². The van der Waals surface area contributed by atoms with Gasteiger partial charge in [-0.25, -0.2) is 0 Å². The van der Waals surface area contributed by atoms with Gasteiger partial charge in [-0.15, -0.1) is 21.5 Å². The van der Waals surface area contributed by atoms with Crippen molar-refractivity contribution in [3.05, 3.63) is 45.9 Å². The average Bonchev–Trinajstić information content (AvgIpc) is 2.72. The molecule has 0 N–H and O–H groups in total. The van der Waals surface area contributed by atoms with E-state index in [4.69, 9.17) is 0 Å². The van der Waals surface area contributed by atoms with Gasteiger partial charge in [0.2, 0.25) is 0 Å². The maximum absolute atomic E-state index is 4.19. The maximum atomic E-state index is 4.19. The molecule has 0 bridgehead atoms. The molecule has 0 amide bonds. The van der Waals surface area contributed by atoms with Crippen LogP contribution in [0.1, 0.15) is 28.0 Å². The molecule has 17 heavy (non-hydrogen) atoms. The molecule has 1 atom stereocenters. The zero-order chi connectivity index (χ0) is 11.7. The van der Waals surface area contributed by atoms with Crippen LogP contribution < -0.4 is 0 Å². The number of benzene rings is 1. The molecule has 0 spiro atoms. The minimum atomic E-state index is 0.570. The van der Waals surface area contributed by atoms with Crippen molar-refractivity contribution in [2.75, 3.05) is 6.54 Å². The van der Waals surface area contributed by atoms with Crippen molar-refractivity contribution in [1.82, 2.24) is 15.1 Å². The molecule has 1 unspecified atom stereocenters. The first kappa shape index (κ1) is 10.9. The molecule has 0 aliphatic carbocycles. The molecule has 1 fully saturated rings. The van der Waals surface area contributed by atoms with Crippen molar-refractivity contribution in [1.29, 1.82) is 0 Å². The van der Waals surface area contributed by atoms with Crippen LogP contribution in [0.3, 0.4) is 0 Å². The summed E-state index contributed by atoms with van der Waals surface area (Å²) in [5.74, 6) is 0. The van der Waals surface area contributed by atoms with Crippen molar-refractivity contribution in [3.8, 4) is 0 Å². The van der Waals surface area contributed by atoms with Crippen LogP contribution in [0.25, 0.3) is 0 Å². The van der Waals surface area contributed by atoms with Crippen LogP contribution >= 0.6 is 11.3 Å². The Morgan fingerprint density at radius 2 is 2.12 bits per heavy atom. The molecule has 2 heterocycles. The minimum Gasteiger partial charge on any atom is -0.289 e.